The molecule has 1 heterocycles. The minimum atomic E-state index is -0.651. The highest BCUT2D eigenvalue weighted by Gasteiger charge is 2.48. The maximum atomic E-state index is 11.6. The standard InChI is InChI=1S/C23H31NO4.C9H9Cl2NO/c1-16(25)28-21-9-7-17(14-20(21)26)8-10-22-23(27)12-3-2-4-19(23)11-13-24(22)15-18-5-6-18;1-12-9(13)5-6-2-3-7(10)8(11)4-6/h7,9,11,13-14,18-19,22,26-27H,2-6,8,10,12,15H2,1H3;2-4H,5H2,1H3,(H,12,13). The highest BCUT2D eigenvalue weighted by Crippen LogP contribution is 2.44. The highest BCUT2D eigenvalue weighted by molar-refractivity contribution is 6.42. The van der Waals surface area contributed by atoms with E-state index in [0.717, 1.165) is 55.7 Å². The Morgan fingerprint density at radius 1 is 1.07 bits per heavy atom. The van der Waals surface area contributed by atoms with Crippen LogP contribution in [-0.4, -0.2) is 52.2 Å². The molecule has 5 rings (SSSR count). The number of phenols is 1. The number of aliphatic hydroxyl groups is 1. The van der Waals surface area contributed by atoms with Gasteiger partial charge >= 0.3 is 5.97 Å². The number of phenolic OH excluding ortho intramolecular Hbond substituents is 1. The Morgan fingerprint density at radius 2 is 1.83 bits per heavy atom. The van der Waals surface area contributed by atoms with Crippen LogP contribution >= 0.6 is 23.2 Å². The number of carbonyl (C=O) groups is 2. The van der Waals surface area contributed by atoms with Gasteiger partial charge in [0.1, 0.15) is 0 Å². The molecule has 1 aliphatic heterocycles. The molecule has 2 fully saturated rings. The number of rotatable bonds is 8. The minimum absolute atomic E-state index is 0.0136. The number of hydrogen-bond acceptors (Lipinski definition) is 6. The van der Waals surface area contributed by atoms with Crippen molar-refractivity contribution >= 4 is 35.1 Å². The lowest BCUT2D eigenvalue weighted by Crippen LogP contribution is -2.59. The number of esters is 1. The van der Waals surface area contributed by atoms with Crippen LogP contribution in [0.3, 0.4) is 0 Å². The molecule has 0 bridgehead atoms. The first-order valence-corrected chi connectivity index (χ1v) is 15.2. The number of ether oxygens (including phenoxy) is 1. The zero-order valence-corrected chi connectivity index (χ0v) is 25.3. The quantitative estimate of drug-likeness (QED) is 0.251. The van der Waals surface area contributed by atoms with E-state index in [1.165, 1.54) is 26.2 Å². The van der Waals surface area contributed by atoms with Crippen molar-refractivity contribution in [3.8, 4) is 11.5 Å². The maximum Gasteiger partial charge on any atom is 0.308 e. The number of likely N-dealkylation sites (N-methyl/N-ethyl adjacent to an activating group) is 1. The second kappa shape index (κ2) is 14.0. The fourth-order valence-electron chi connectivity index (χ4n) is 5.88. The van der Waals surface area contributed by atoms with Crippen molar-refractivity contribution in [3.05, 3.63) is 69.8 Å². The van der Waals surface area contributed by atoms with Crippen LogP contribution in [-0.2, 0) is 22.4 Å². The van der Waals surface area contributed by atoms with E-state index in [4.69, 9.17) is 27.9 Å². The lowest BCUT2D eigenvalue weighted by molar-refractivity contribution is -0.132. The van der Waals surface area contributed by atoms with Gasteiger partial charge in [-0.3, -0.25) is 9.59 Å². The number of aryl methyl sites for hydroxylation is 1. The summed E-state index contributed by atoms with van der Waals surface area (Å²) in [6.07, 6.45) is 13.2. The molecule has 1 amide bonds. The second-order valence-electron chi connectivity index (χ2n) is 11.4. The number of benzene rings is 2. The first kappa shape index (κ1) is 31.2. The number of aromatic hydroxyl groups is 1. The van der Waals surface area contributed by atoms with E-state index in [1.807, 2.05) is 6.07 Å². The molecule has 2 aliphatic carbocycles. The summed E-state index contributed by atoms with van der Waals surface area (Å²) in [5, 5.41) is 25.3. The number of hydrogen-bond donors (Lipinski definition) is 3. The number of carbonyl (C=O) groups excluding carboxylic acids is 2. The van der Waals surface area contributed by atoms with E-state index in [1.54, 1.807) is 37.4 Å². The Balaban J connectivity index is 0.000000251. The van der Waals surface area contributed by atoms with Gasteiger partial charge in [0.2, 0.25) is 5.91 Å². The Morgan fingerprint density at radius 3 is 2.49 bits per heavy atom. The van der Waals surface area contributed by atoms with Crippen molar-refractivity contribution in [1.82, 2.24) is 10.2 Å². The summed E-state index contributed by atoms with van der Waals surface area (Å²) < 4.78 is 5.00. The lowest BCUT2D eigenvalue weighted by Gasteiger charge is -2.51. The average Bonchev–Trinajstić information content (AvgIpc) is 3.75. The van der Waals surface area contributed by atoms with Gasteiger partial charge in [0.15, 0.2) is 11.5 Å². The fourth-order valence-corrected chi connectivity index (χ4v) is 6.20. The summed E-state index contributed by atoms with van der Waals surface area (Å²) in [4.78, 5) is 24.5. The predicted molar refractivity (Wildman–Crippen MR) is 161 cm³/mol. The third-order valence-corrected chi connectivity index (χ3v) is 8.99. The zero-order chi connectivity index (χ0) is 29.6. The van der Waals surface area contributed by atoms with E-state index < -0.39 is 11.6 Å². The molecule has 2 aromatic rings. The summed E-state index contributed by atoms with van der Waals surface area (Å²) in [7, 11) is 1.60. The summed E-state index contributed by atoms with van der Waals surface area (Å²) in [5.74, 6) is 0.708. The third-order valence-electron chi connectivity index (χ3n) is 8.25. The summed E-state index contributed by atoms with van der Waals surface area (Å²) >= 11 is 11.5. The van der Waals surface area contributed by atoms with Crippen LogP contribution in [0, 0.1) is 11.8 Å². The SMILES string of the molecule is CC(=O)Oc1ccc(CCC2N(CC3CC3)C=CC3CCCCC32O)cc1O.CNC(=O)Cc1ccc(Cl)c(Cl)c1. The molecule has 0 spiro atoms. The number of halogens is 2. The molecule has 3 atom stereocenters. The summed E-state index contributed by atoms with van der Waals surface area (Å²) in [5.41, 5.74) is 1.20. The van der Waals surface area contributed by atoms with Crippen molar-refractivity contribution in [2.75, 3.05) is 13.6 Å². The van der Waals surface area contributed by atoms with Crippen LogP contribution in [0.25, 0.3) is 0 Å². The van der Waals surface area contributed by atoms with Crippen LogP contribution in [0.15, 0.2) is 48.7 Å². The van der Waals surface area contributed by atoms with Crippen LogP contribution < -0.4 is 10.1 Å². The first-order chi connectivity index (χ1) is 19.6. The van der Waals surface area contributed by atoms with Gasteiger partial charge in [0, 0.05) is 26.4 Å². The maximum absolute atomic E-state index is 11.6. The molecule has 7 nitrogen and oxygen atoms in total. The number of nitrogens with zero attached hydrogens (tertiary/aromatic N) is 1. The van der Waals surface area contributed by atoms with Crippen molar-refractivity contribution in [2.24, 2.45) is 11.8 Å². The Labute approximate surface area is 252 Å². The van der Waals surface area contributed by atoms with Gasteiger partial charge in [0.05, 0.1) is 28.1 Å². The largest absolute Gasteiger partial charge is 0.504 e. The van der Waals surface area contributed by atoms with Crippen LogP contribution in [0.5, 0.6) is 11.5 Å². The van der Waals surface area contributed by atoms with Crippen molar-refractivity contribution in [3.63, 3.8) is 0 Å². The number of nitrogens with one attached hydrogen (secondary N) is 1. The van der Waals surface area contributed by atoms with Crippen LogP contribution in [0.2, 0.25) is 10.0 Å². The lowest BCUT2D eigenvalue weighted by atomic mass is 9.68. The van der Waals surface area contributed by atoms with E-state index >= 15 is 0 Å². The smallest absolute Gasteiger partial charge is 0.308 e. The molecule has 3 N–H and O–H groups in total. The molecule has 3 aliphatic rings. The predicted octanol–water partition coefficient (Wildman–Crippen LogP) is 6.06. The molecule has 222 valence electrons. The first-order valence-electron chi connectivity index (χ1n) is 14.4. The zero-order valence-electron chi connectivity index (χ0n) is 23.7. The van der Waals surface area contributed by atoms with Crippen molar-refractivity contribution in [1.29, 1.82) is 0 Å². The average molecular weight is 604 g/mol. The van der Waals surface area contributed by atoms with Gasteiger partial charge in [-0.05, 0) is 86.0 Å². The molecule has 0 radical (unpaired) electrons. The highest BCUT2D eigenvalue weighted by atomic mass is 35.5. The Hall–Kier alpha value is -2.74. The van der Waals surface area contributed by atoms with Gasteiger partial charge in [-0.1, -0.05) is 54.3 Å². The molecular formula is C32H40Cl2N2O5. The summed E-state index contributed by atoms with van der Waals surface area (Å²) in [6, 6.07) is 10.5. The van der Waals surface area contributed by atoms with Crippen molar-refractivity contribution < 1.29 is 24.5 Å². The van der Waals surface area contributed by atoms with E-state index in [2.05, 4.69) is 22.5 Å². The number of amides is 1. The molecule has 2 aromatic carbocycles. The molecule has 9 heteroatoms. The van der Waals surface area contributed by atoms with Gasteiger partial charge in [-0.25, -0.2) is 0 Å². The number of fused-ring (bicyclic) bond motifs is 1. The Kier molecular flexibility index (Phi) is 10.6. The topological polar surface area (TPSA) is 99.1 Å². The van der Waals surface area contributed by atoms with Crippen molar-refractivity contribution in [2.45, 2.75) is 76.4 Å². The summed E-state index contributed by atoms with van der Waals surface area (Å²) in [6.45, 7) is 2.35. The van der Waals surface area contributed by atoms with E-state index in [0.29, 0.717) is 16.5 Å². The van der Waals surface area contributed by atoms with E-state index in [-0.39, 0.29) is 29.4 Å². The second-order valence-corrected chi connectivity index (χ2v) is 12.2. The fraction of sp³-hybridized carbons (Fsp3) is 0.500. The molecule has 0 saturated heterocycles. The van der Waals surface area contributed by atoms with Gasteiger partial charge in [-0.15, -0.1) is 0 Å². The van der Waals surface area contributed by atoms with Gasteiger partial charge in [-0.2, -0.15) is 0 Å². The van der Waals surface area contributed by atoms with E-state index in [9.17, 15) is 19.8 Å². The minimum Gasteiger partial charge on any atom is -0.504 e. The normalized spacial score (nSPS) is 23.2. The van der Waals surface area contributed by atoms with Crippen LogP contribution in [0.1, 0.15) is 63.0 Å². The molecule has 3 unspecified atom stereocenters. The molecule has 0 aromatic heterocycles. The third kappa shape index (κ3) is 8.40. The molecule has 41 heavy (non-hydrogen) atoms. The monoisotopic (exact) mass is 602 g/mol. The molecule has 2 saturated carbocycles. The van der Waals surface area contributed by atoms with Gasteiger partial charge < -0.3 is 25.2 Å². The Bertz CT molecular complexity index is 1260. The van der Waals surface area contributed by atoms with Crippen LogP contribution in [0.4, 0.5) is 0 Å². The molecular weight excluding hydrogens is 563 g/mol. The van der Waals surface area contributed by atoms with Gasteiger partial charge in [0.25, 0.3) is 0 Å².